The highest BCUT2D eigenvalue weighted by Gasteiger charge is 2.24. The summed E-state index contributed by atoms with van der Waals surface area (Å²) in [5.41, 5.74) is 2.28. The molecule has 0 amide bonds. The van der Waals surface area contributed by atoms with Crippen molar-refractivity contribution in [2.75, 3.05) is 19.6 Å². The molecule has 1 aliphatic rings. The first-order valence-electron chi connectivity index (χ1n) is 8.49. The maximum atomic E-state index is 12.3. The van der Waals surface area contributed by atoms with E-state index in [1.807, 2.05) is 12.1 Å². The number of nitro groups is 1. The van der Waals surface area contributed by atoms with Crippen LogP contribution in [0.4, 0.5) is 5.69 Å². The molecule has 7 nitrogen and oxygen atoms in total. The highest BCUT2D eigenvalue weighted by Crippen LogP contribution is 2.22. The normalized spacial score (nSPS) is 14.8. The van der Waals surface area contributed by atoms with Gasteiger partial charge >= 0.3 is 0 Å². The van der Waals surface area contributed by atoms with E-state index < -0.39 is 20.6 Å². The predicted octanol–water partition coefficient (Wildman–Crippen LogP) is 2.32. The van der Waals surface area contributed by atoms with Crippen LogP contribution in [0.3, 0.4) is 0 Å². The monoisotopic (exact) mass is 375 g/mol. The van der Waals surface area contributed by atoms with Gasteiger partial charge in [-0.3, -0.25) is 15.0 Å². The Labute approximate surface area is 152 Å². The van der Waals surface area contributed by atoms with E-state index >= 15 is 0 Å². The number of hydrogen-bond donors (Lipinski definition) is 1. The first-order chi connectivity index (χ1) is 12.5. The van der Waals surface area contributed by atoms with Gasteiger partial charge in [0.25, 0.3) is 5.69 Å². The third-order valence-corrected chi connectivity index (χ3v) is 6.01. The smallest absolute Gasteiger partial charge is 0.289 e. The lowest BCUT2D eigenvalue weighted by molar-refractivity contribution is -0.387. The quantitative estimate of drug-likeness (QED) is 0.455. The lowest BCUT2D eigenvalue weighted by atomic mass is 10.00. The van der Waals surface area contributed by atoms with Crippen molar-refractivity contribution in [3.05, 3.63) is 69.8 Å². The molecule has 0 atom stereocenters. The lowest BCUT2D eigenvalue weighted by Gasteiger charge is -2.28. The second kappa shape index (κ2) is 7.94. The molecule has 8 heteroatoms. The summed E-state index contributed by atoms with van der Waals surface area (Å²) in [5.74, 6) is 0. The Balaban J connectivity index is 1.53. The average Bonchev–Trinajstić information content (AvgIpc) is 2.65. The van der Waals surface area contributed by atoms with Gasteiger partial charge in [0.2, 0.25) is 10.0 Å². The Morgan fingerprint density at radius 3 is 2.54 bits per heavy atom. The fraction of sp³-hybridized carbons (Fsp3) is 0.333. The summed E-state index contributed by atoms with van der Waals surface area (Å²) in [6.45, 7) is 2.83. The second-order valence-electron chi connectivity index (χ2n) is 6.27. The van der Waals surface area contributed by atoms with Crippen LogP contribution in [0.15, 0.2) is 53.4 Å². The van der Waals surface area contributed by atoms with Gasteiger partial charge in [-0.2, -0.15) is 0 Å². The van der Waals surface area contributed by atoms with Crippen LogP contribution in [-0.2, 0) is 23.0 Å². The van der Waals surface area contributed by atoms with Crippen molar-refractivity contribution in [2.45, 2.75) is 24.3 Å². The fourth-order valence-electron chi connectivity index (χ4n) is 3.17. The molecule has 0 unspecified atom stereocenters. The van der Waals surface area contributed by atoms with E-state index in [2.05, 4.69) is 21.8 Å². The molecule has 0 aliphatic carbocycles. The van der Waals surface area contributed by atoms with Gasteiger partial charge in [-0.25, -0.2) is 13.1 Å². The number of fused-ring (bicyclic) bond motifs is 1. The van der Waals surface area contributed by atoms with E-state index in [0.29, 0.717) is 6.42 Å². The van der Waals surface area contributed by atoms with Crippen molar-refractivity contribution in [1.29, 1.82) is 0 Å². The second-order valence-corrected chi connectivity index (χ2v) is 8.01. The molecule has 1 heterocycles. The van der Waals surface area contributed by atoms with E-state index in [4.69, 9.17) is 0 Å². The van der Waals surface area contributed by atoms with E-state index in [-0.39, 0.29) is 11.4 Å². The molecular formula is C18H21N3O4S. The minimum atomic E-state index is -3.90. The number of nitrogens with one attached hydrogen (secondary N) is 1. The molecule has 0 saturated carbocycles. The van der Waals surface area contributed by atoms with Crippen LogP contribution in [0.1, 0.15) is 17.5 Å². The van der Waals surface area contributed by atoms with Gasteiger partial charge in [-0.15, -0.1) is 0 Å². The van der Waals surface area contributed by atoms with Crippen molar-refractivity contribution in [3.63, 3.8) is 0 Å². The molecule has 2 aromatic carbocycles. The summed E-state index contributed by atoms with van der Waals surface area (Å²) in [5, 5.41) is 11.0. The van der Waals surface area contributed by atoms with Crippen LogP contribution >= 0.6 is 0 Å². The third kappa shape index (κ3) is 4.27. The van der Waals surface area contributed by atoms with Crippen molar-refractivity contribution in [3.8, 4) is 0 Å². The molecule has 2 aromatic rings. The Morgan fingerprint density at radius 1 is 1.08 bits per heavy atom. The molecular weight excluding hydrogens is 354 g/mol. The van der Waals surface area contributed by atoms with Gasteiger partial charge in [-0.1, -0.05) is 36.4 Å². The van der Waals surface area contributed by atoms with E-state index in [1.165, 1.54) is 35.4 Å². The highest BCUT2D eigenvalue weighted by molar-refractivity contribution is 7.89. The maximum Gasteiger partial charge on any atom is 0.289 e. The van der Waals surface area contributed by atoms with Gasteiger partial charge in [0.15, 0.2) is 4.90 Å². The van der Waals surface area contributed by atoms with Gasteiger partial charge < -0.3 is 0 Å². The maximum absolute atomic E-state index is 12.3. The van der Waals surface area contributed by atoms with Crippen LogP contribution in [0.25, 0.3) is 0 Å². The Bertz CT molecular complexity index is 899. The van der Waals surface area contributed by atoms with Crippen LogP contribution in [0, 0.1) is 10.1 Å². The molecule has 3 rings (SSSR count). The summed E-state index contributed by atoms with van der Waals surface area (Å²) >= 11 is 0. The third-order valence-electron chi connectivity index (χ3n) is 4.50. The summed E-state index contributed by atoms with van der Waals surface area (Å²) in [6.07, 6.45) is 1.64. The number of para-hydroxylation sites is 1. The van der Waals surface area contributed by atoms with Crippen LogP contribution < -0.4 is 4.72 Å². The van der Waals surface area contributed by atoms with Gasteiger partial charge in [0.1, 0.15) is 0 Å². The SMILES string of the molecule is O=[N+]([O-])c1ccccc1S(=O)(=O)NCCCN1CCc2ccccc2C1. The minimum absolute atomic E-state index is 0.243. The first kappa shape index (κ1) is 18.5. The lowest BCUT2D eigenvalue weighted by Crippen LogP contribution is -2.33. The first-order valence-corrected chi connectivity index (χ1v) is 9.98. The van der Waals surface area contributed by atoms with E-state index in [1.54, 1.807) is 0 Å². The zero-order valence-corrected chi connectivity index (χ0v) is 15.1. The zero-order chi connectivity index (χ0) is 18.6. The highest BCUT2D eigenvalue weighted by atomic mass is 32.2. The molecule has 0 fully saturated rings. The Morgan fingerprint density at radius 2 is 1.77 bits per heavy atom. The molecule has 0 saturated heterocycles. The summed E-state index contributed by atoms with van der Waals surface area (Å²) in [6, 6.07) is 13.7. The molecule has 26 heavy (non-hydrogen) atoms. The van der Waals surface area contributed by atoms with Gasteiger partial charge in [0, 0.05) is 25.7 Å². The average molecular weight is 375 g/mol. The molecule has 1 N–H and O–H groups in total. The molecule has 0 bridgehead atoms. The van der Waals surface area contributed by atoms with Crippen LogP contribution in [0.2, 0.25) is 0 Å². The van der Waals surface area contributed by atoms with Crippen LogP contribution in [0.5, 0.6) is 0 Å². The summed E-state index contributed by atoms with van der Waals surface area (Å²) in [4.78, 5) is 12.3. The van der Waals surface area contributed by atoms with Crippen molar-refractivity contribution >= 4 is 15.7 Å². The number of sulfonamides is 1. The number of nitro benzene ring substituents is 1. The number of hydrogen-bond acceptors (Lipinski definition) is 5. The van der Waals surface area contributed by atoms with E-state index in [9.17, 15) is 18.5 Å². The standard InChI is InChI=1S/C18H21N3O4S/c22-21(23)17-8-3-4-9-18(17)26(24,25)19-11-5-12-20-13-10-15-6-1-2-7-16(15)14-20/h1-4,6-9,19H,5,10-14H2. The summed E-state index contributed by atoms with van der Waals surface area (Å²) in [7, 11) is -3.90. The van der Waals surface area contributed by atoms with E-state index in [0.717, 1.165) is 26.1 Å². The van der Waals surface area contributed by atoms with Crippen molar-refractivity contribution < 1.29 is 13.3 Å². The number of benzene rings is 2. The molecule has 138 valence electrons. The largest absolute Gasteiger partial charge is 0.299 e. The number of rotatable bonds is 7. The van der Waals surface area contributed by atoms with Crippen LogP contribution in [-0.4, -0.2) is 37.9 Å². The fourth-order valence-corrected chi connectivity index (χ4v) is 4.41. The topological polar surface area (TPSA) is 92.5 Å². The van der Waals surface area contributed by atoms with Crippen molar-refractivity contribution in [1.82, 2.24) is 9.62 Å². The predicted molar refractivity (Wildman–Crippen MR) is 98.3 cm³/mol. The Hall–Kier alpha value is -2.29. The number of nitrogens with zero attached hydrogens (tertiary/aromatic N) is 2. The zero-order valence-electron chi connectivity index (χ0n) is 14.3. The van der Waals surface area contributed by atoms with Gasteiger partial charge in [-0.05, 0) is 36.6 Å². The van der Waals surface area contributed by atoms with Gasteiger partial charge in [0.05, 0.1) is 4.92 Å². The minimum Gasteiger partial charge on any atom is -0.299 e. The van der Waals surface area contributed by atoms with Crippen molar-refractivity contribution in [2.24, 2.45) is 0 Å². The summed E-state index contributed by atoms with van der Waals surface area (Å²) < 4.78 is 27.2. The Kier molecular flexibility index (Phi) is 5.65. The molecule has 1 aliphatic heterocycles. The molecule has 0 aromatic heterocycles. The molecule has 0 radical (unpaired) electrons. The molecule has 0 spiro atoms.